The zero-order chi connectivity index (χ0) is 24.7. The minimum Gasteiger partial charge on any atom is -0.465 e. The van der Waals surface area contributed by atoms with Gasteiger partial charge >= 0.3 is 5.97 Å². The third kappa shape index (κ3) is 5.94. The quantitative estimate of drug-likeness (QED) is 0.333. The predicted molar refractivity (Wildman–Crippen MR) is 134 cm³/mol. The molecular weight excluding hydrogens is 426 g/mol. The number of esters is 1. The molecule has 2 aromatic carbocycles. The zero-order valence-corrected chi connectivity index (χ0v) is 20.8. The Hall–Kier alpha value is -2.95. The van der Waals surface area contributed by atoms with Crippen molar-refractivity contribution in [2.24, 2.45) is 17.8 Å². The van der Waals surface area contributed by atoms with E-state index in [0.717, 1.165) is 19.1 Å². The molecule has 0 bridgehead atoms. The van der Waals surface area contributed by atoms with Crippen LogP contribution < -0.4 is 5.32 Å². The highest BCUT2D eigenvalue weighted by Crippen LogP contribution is 2.44. The monoisotopic (exact) mass is 463 g/mol. The van der Waals surface area contributed by atoms with Crippen LogP contribution in [0.3, 0.4) is 0 Å². The summed E-state index contributed by atoms with van der Waals surface area (Å²) in [6, 6.07) is 16.4. The molecule has 3 rings (SSSR count). The molecule has 0 unspecified atom stereocenters. The van der Waals surface area contributed by atoms with Crippen molar-refractivity contribution in [1.82, 2.24) is 5.32 Å². The summed E-state index contributed by atoms with van der Waals surface area (Å²) in [7, 11) is 0. The van der Waals surface area contributed by atoms with Crippen LogP contribution in [0.1, 0.15) is 70.4 Å². The molecule has 0 heterocycles. The van der Waals surface area contributed by atoms with Gasteiger partial charge in [-0.3, -0.25) is 9.59 Å². The van der Waals surface area contributed by atoms with Crippen LogP contribution in [0.5, 0.6) is 0 Å². The lowest BCUT2D eigenvalue weighted by Gasteiger charge is -2.31. The lowest BCUT2D eigenvalue weighted by atomic mass is 9.85. The fraction of sp³-hybridized carbons (Fsp3) is 0.483. The Labute approximate surface area is 203 Å². The molecule has 1 N–H and O–H groups in total. The maximum Gasteiger partial charge on any atom is 0.306 e. The van der Waals surface area contributed by atoms with Gasteiger partial charge in [-0.1, -0.05) is 82.6 Å². The van der Waals surface area contributed by atoms with Crippen LogP contribution in [0.25, 0.3) is 11.1 Å². The predicted octanol–water partition coefficient (Wildman–Crippen LogP) is 5.51. The van der Waals surface area contributed by atoms with Crippen molar-refractivity contribution in [2.75, 3.05) is 6.61 Å². The third-order valence-electron chi connectivity index (χ3n) is 7.21. The highest BCUT2D eigenvalue weighted by atomic mass is 16.5. The number of ether oxygens (including phenoxy) is 1. The maximum atomic E-state index is 12.9. The minimum absolute atomic E-state index is 0.00827. The van der Waals surface area contributed by atoms with E-state index >= 15 is 0 Å². The van der Waals surface area contributed by atoms with Crippen LogP contribution in [0.15, 0.2) is 48.5 Å². The van der Waals surface area contributed by atoms with E-state index in [4.69, 9.17) is 4.74 Å². The Balaban J connectivity index is 1.57. The molecule has 0 aliphatic heterocycles. The second-order valence-corrected chi connectivity index (χ2v) is 9.66. The van der Waals surface area contributed by atoms with Gasteiger partial charge in [0.25, 0.3) is 0 Å². The summed E-state index contributed by atoms with van der Waals surface area (Å²) in [5.74, 6) is -0.511. The van der Waals surface area contributed by atoms with Gasteiger partial charge in [0.05, 0.1) is 6.42 Å². The molecule has 5 heteroatoms. The molecule has 1 aliphatic rings. The number of fused-ring (bicyclic) bond motifs is 3. The molecule has 1 amide bonds. The van der Waals surface area contributed by atoms with Crippen molar-refractivity contribution >= 4 is 18.2 Å². The summed E-state index contributed by atoms with van der Waals surface area (Å²) in [6.45, 7) is 8.30. The average molecular weight is 464 g/mol. The van der Waals surface area contributed by atoms with Crippen molar-refractivity contribution in [3.63, 3.8) is 0 Å². The summed E-state index contributed by atoms with van der Waals surface area (Å²) in [6.07, 6.45) is 3.11. The summed E-state index contributed by atoms with van der Waals surface area (Å²) in [5.41, 5.74) is 4.71. The summed E-state index contributed by atoms with van der Waals surface area (Å²) in [5, 5.41) is 3.14. The molecule has 0 spiro atoms. The lowest BCUT2D eigenvalue weighted by Crippen LogP contribution is -2.46. The number of carbonyl (C=O) groups excluding carboxylic acids is 3. The van der Waals surface area contributed by atoms with Crippen molar-refractivity contribution < 1.29 is 19.1 Å². The van der Waals surface area contributed by atoms with Crippen molar-refractivity contribution in [2.45, 2.75) is 65.3 Å². The van der Waals surface area contributed by atoms with Crippen LogP contribution in [-0.4, -0.2) is 30.8 Å². The molecule has 0 fully saturated rings. The fourth-order valence-electron chi connectivity index (χ4n) is 4.93. The van der Waals surface area contributed by atoms with Crippen molar-refractivity contribution in [1.29, 1.82) is 0 Å². The Morgan fingerprint density at radius 1 is 0.971 bits per heavy atom. The molecule has 0 saturated heterocycles. The molecule has 2 aromatic rings. The molecule has 34 heavy (non-hydrogen) atoms. The first-order chi connectivity index (χ1) is 16.4. The van der Waals surface area contributed by atoms with E-state index < -0.39 is 5.92 Å². The smallest absolute Gasteiger partial charge is 0.306 e. The van der Waals surface area contributed by atoms with Gasteiger partial charge in [0.2, 0.25) is 5.91 Å². The number of benzene rings is 2. The standard InChI is InChI=1S/C29H37NO4/c1-5-19(2)28(20(3)11-10-16-31)30-29(33)21(4)17-27(32)34-18-26-24-14-8-6-12-22(24)23-13-7-9-15-25(23)26/h6-9,12-16,19-21,26,28H,5,10-11,17-18H2,1-4H3,(H,30,33)/t19-,20-,21-,28+/m0/s1. The first-order valence-electron chi connectivity index (χ1n) is 12.4. The number of rotatable bonds is 12. The van der Waals surface area contributed by atoms with Gasteiger partial charge in [-0.25, -0.2) is 0 Å². The first-order valence-corrected chi connectivity index (χ1v) is 12.4. The van der Waals surface area contributed by atoms with Crippen LogP contribution in [0, 0.1) is 17.8 Å². The molecule has 4 atom stereocenters. The normalized spacial score (nSPS) is 16.0. The van der Waals surface area contributed by atoms with E-state index in [1.807, 2.05) is 24.3 Å². The zero-order valence-electron chi connectivity index (χ0n) is 20.8. The Kier molecular flexibility index (Phi) is 9.03. The fourth-order valence-corrected chi connectivity index (χ4v) is 4.93. The van der Waals surface area contributed by atoms with E-state index in [-0.39, 0.29) is 48.7 Å². The van der Waals surface area contributed by atoms with Gasteiger partial charge in [0.15, 0.2) is 0 Å². The second-order valence-electron chi connectivity index (χ2n) is 9.66. The second kappa shape index (κ2) is 12.0. The Morgan fingerprint density at radius 3 is 2.12 bits per heavy atom. The molecular formula is C29H37NO4. The van der Waals surface area contributed by atoms with Crippen LogP contribution in [0.2, 0.25) is 0 Å². The first kappa shape index (κ1) is 25.7. The molecule has 182 valence electrons. The van der Waals surface area contributed by atoms with Gasteiger partial charge in [0, 0.05) is 24.3 Å². The lowest BCUT2D eigenvalue weighted by molar-refractivity contribution is -0.147. The number of hydrogen-bond acceptors (Lipinski definition) is 4. The van der Waals surface area contributed by atoms with Gasteiger partial charge < -0.3 is 14.8 Å². The molecule has 5 nitrogen and oxygen atoms in total. The summed E-state index contributed by atoms with van der Waals surface area (Å²) >= 11 is 0. The van der Waals surface area contributed by atoms with E-state index in [1.54, 1.807) is 6.92 Å². The minimum atomic E-state index is -0.486. The van der Waals surface area contributed by atoms with Crippen LogP contribution in [0.4, 0.5) is 0 Å². The topological polar surface area (TPSA) is 72.5 Å². The van der Waals surface area contributed by atoms with E-state index in [2.05, 4.69) is 50.4 Å². The summed E-state index contributed by atoms with van der Waals surface area (Å²) < 4.78 is 5.68. The number of aldehydes is 1. The molecule has 0 radical (unpaired) electrons. The Morgan fingerprint density at radius 2 is 1.56 bits per heavy atom. The molecule has 1 aliphatic carbocycles. The average Bonchev–Trinajstić information content (AvgIpc) is 3.17. The highest BCUT2D eigenvalue weighted by molar-refractivity contribution is 5.84. The highest BCUT2D eigenvalue weighted by Gasteiger charge is 2.30. The third-order valence-corrected chi connectivity index (χ3v) is 7.21. The van der Waals surface area contributed by atoms with Crippen molar-refractivity contribution in [3.05, 3.63) is 59.7 Å². The van der Waals surface area contributed by atoms with Crippen LogP contribution >= 0.6 is 0 Å². The molecule has 0 aromatic heterocycles. The maximum absolute atomic E-state index is 12.9. The van der Waals surface area contributed by atoms with E-state index in [0.29, 0.717) is 6.42 Å². The van der Waals surface area contributed by atoms with E-state index in [1.165, 1.54) is 22.3 Å². The van der Waals surface area contributed by atoms with Crippen LogP contribution in [-0.2, 0) is 19.1 Å². The SMILES string of the molecule is CC[C@H](C)[C@@H](NC(=O)[C@@H](C)CC(=O)OCC1c2ccccc2-c2ccccc21)[C@@H](C)CCC=O. The largest absolute Gasteiger partial charge is 0.465 e. The summed E-state index contributed by atoms with van der Waals surface area (Å²) in [4.78, 5) is 36.3. The number of amides is 1. The number of hydrogen-bond donors (Lipinski definition) is 1. The molecule has 0 saturated carbocycles. The van der Waals surface area contributed by atoms with Gasteiger partial charge in [-0.2, -0.15) is 0 Å². The van der Waals surface area contributed by atoms with Gasteiger partial charge in [-0.05, 0) is 40.5 Å². The number of carbonyl (C=O) groups is 3. The van der Waals surface area contributed by atoms with Crippen molar-refractivity contribution in [3.8, 4) is 11.1 Å². The Bertz CT molecular complexity index is 956. The van der Waals surface area contributed by atoms with E-state index in [9.17, 15) is 14.4 Å². The van der Waals surface area contributed by atoms with Gasteiger partial charge in [-0.15, -0.1) is 0 Å². The van der Waals surface area contributed by atoms with Gasteiger partial charge in [0.1, 0.15) is 12.9 Å². The number of nitrogens with one attached hydrogen (secondary N) is 1.